The van der Waals surface area contributed by atoms with Crippen molar-refractivity contribution in [3.05, 3.63) is 44.4 Å². The highest BCUT2D eigenvalue weighted by atomic mass is 79.9. The molecule has 0 aromatic carbocycles. The minimum atomic E-state index is -0.242. The van der Waals surface area contributed by atoms with Gasteiger partial charge in [-0.1, -0.05) is 0 Å². The third kappa shape index (κ3) is 3.78. The number of carbonyl (C=O) groups excluding carboxylic acids is 2. The van der Waals surface area contributed by atoms with Crippen LogP contribution in [0.1, 0.15) is 32.0 Å². The average molecular weight is 342 g/mol. The fourth-order valence-electron chi connectivity index (χ4n) is 1.52. The maximum absolute atomic E-state index is 11.7. The highest BCUT2D eigenvalue weighted by molar-refractivity contribution is 9.10. The van der Waals surface area contributed by atoms with Gasteiger partial charge in [-0.25, -0.2) is 0 Å². The van der Waals surface area contributed by atoms with Crippen LogP contribution in [0.2, 0.25) is 0 Å². The van der Waals surface area contributed by atoms with E-state index in [1.165, 1.54) is 11.3 Å². The summed E-state index contributed by atoms with van der Waals surface area (Å²) in [6.45, 7) is 2.06. The molecule has 0 unspecified atom stereocenters. The molecule has 0 saturated heterocycles. The zero-order valence-corrected chi connectivity index (χ0v) is 12.6. The van der Waals surface area contributed by atoms with Crippen LogP contribution in [-0.4, -0.2) is 18.2 Å². The Morgan fingerprint density at radius 1 is 1.32 bits per heavy atom. The van der Waals surface area contributed by atoms with Crippen molar-refractivity contribution >= 4 is 39.0 Å². The maximum atomic E-state index is 11.7. The summed E-state index contributed by atoms with van der Waals surface area (Å²) in [7, 11) is 0. The van der Waals surface area contributed by atoms with E-state index in [-0.39, 0.29) is 17.5 Å². The van der Waals surface area contributed by atoms with Gasteiger partial charge in [-0.3, -0.25) is 9.59 Å². The van der Waals surface area contributed by atoms with E-state index in [0.717, 1.165) is 9.75 Å². The molecule has 2 aromatic rings. The molecule has 0 bridgehead atoms. The second-order valence-corrected chi connectivity index (χ2v) is 5.88. The van der Waals surface area contributed by atoms with Crippen LogP contribution in [0.3, 0.4) is 0 Å². The summed E-state index contributed by atoms with van der Waals surface area (Å²) in [5.74, 6) is 0.109. The summed E-state index contributed by atoms with van der Waals surface area (Å²) in [4.78, 5) is 24.7. The monoisotopic (exact) mass is 341 g/mol. The van der Waals surface area contributed by atoms with E-state index < -0.39 is 0 Å². The lowest BCUT2D eigenvalue weighted by Crippen LogP contribution is -2.24. The van der Waals surface area contributed by atoms with Crippen molar-refractivity contribution in [1.82, 2.24) is 5.32 Å². The lowest BCUT2D eigenvalue weighted by atomic mass is 10.3. The van der Waals surface area contributed by atoms with E-state index in [1.54, 1.807) is 19.1 Å². The number of Topliss-reactive ketones (excluding diaryl/α,β-unsaturated/α-hetero) is 1. The Balaban J connectivity index is 1.83. The third-order valence-corrected chi connectivity index (χ3v) is 4.13. The maximum Gasteiger partial charge on any atom is 0.287 e. The molecule has 19 heavy (non-hydrogen) atoms. The van der Waals surface area contributed by atoms with Crippen LogP contribution in [0.15, 0.2) is 33.4 Å². The predicted molar refractivity (Wildman–Crippen MR) is 76.8 cm³/mol. The van der Waals surface area contributed by atoms with Gasteiger partial charge in [-0.05, 0) is 53.5 Å². The van der Waals surface area contributed by atoms with E-state index >= 15 is 0 Å². The van der Waals surface area contributed by atoms with Gasteiger partial charge >= 0.3 is 0 Å². The minimum absolute atomic E-state index is 0.0701. The second-order valence-electron chi connectivity index (χ2n) is 3.93. The standard InChI is InChI=1S/C13H12BrNO3S/c1-8(16)11-4-2-9(19-11)6-7-15-13(17)10-3-5-12(14)18-10/h2-5H,6-7H2,1H3,(H,15,17). The van der Waals surface area contributed by atoms with Crippen LogP contribution in [0.4, 0.5) is 0 Å². The predicted octanol–water partition coefficient (Wildman–Crippen LogP) is 3.28. The van der Waals surface area contributed by atoms with Gasteiger partial charge in [0.25, 0.3) is 5.91 Å². The Bertz CT molecular complexity index is 603. The van der Waals surface area contributed by atoms with Gasteiger partial charge in [0, 0.05) is 11.4 Å². The summed E-state index contributed by atoms with van der Waals surface area (Å²) in [6, 6.07) is 7.01. The van der Waals surface area contributed by atoms with Gasteiger partial charge < -0.3 is 9.73 Å². The molecule has 0 saturated carbocycles. The molecule has 2 heterocycles. The van der Waals surface area contributed by atoms with Crippen molar-refractivity contribution in [3.63, 3.8) is 0 Å². The van der Waals surface area contributed by atoms with Crippen LogP contribution >= 0.6 is 27.3 Å². The number of hydrogen-bond acceptors (Lipinski definition) is 4. The number of furan rings is 1. The van der Waals surface area contributed by atoms with E-state index in [1.807, 2.05) is 12.1 Å². The molecule has 0 atom stereocenters. The highest BCUT2D eigenvalue weighted by Gasteiger charge is 2.10. The molecule has 2 rings (SSSR count). The number of ketones is 1. The largest absolute Gasteiger partial charge is 0.444 e. The minimum Gasteiger partial charge on any atom is -0.444 e. The van der Waals surface area contributed by atoms with E-state index in [2.05, 4.69) is 21.2 Å². The zero-order chi connectivity index (χ0) is 13.8. The Morgan fingerprint density at radius 3 is 2.68 bits per heavy atom. The fraction of sp³-hybridized carbons (Fsp3) is 0.231. The SMILES string of the molecule is CC(=O)c1ccc(CCNC(=O)c2ccc(Br)o2)s1. The number of nitrogens with one attached hydrogen (secondary N) is 1. The Kier molecular flexibility index (Phi) is 4.55. The molecule has 0 aliphatic heterocycles. The number of thiophene rings is 1. The number of carbonyl (C=O) groups is 2. The van der Waals surface area contributed by atoms with Gasteiger partial charge in [0.05, 0.1) is 4.88 Å². The van der Waals surface area contributed by atoms with Crippen molar-refractivity contribution < 1.29 is 14.0 Å². The van der Waals surface area contributed by atoms with E-state index in [0.29, 0.717) is 17.6 Å². The van der Waals surface area contributed by atoms with Gasteiger partial charge in [0.2, 0.25) is 0 Å². The molecule has 1 amide bonds. The molecule has 0 radical (unpaired) electrons. The highest BCUT2D eigenvalue weighted by Crippen LogP contribution is 2.17. The smallest absolute Gasteiger partial charge is 0.287 e. The number of hydrogen-bond donors (Lipinski definition) is 1. The molecule has 2 aromatic heterocycles. The van der Waals surface area contributed by atoms with Crippen LogP contribution in [0.5, 0.6) is 0 Å². The molecule has 6 heteroatoms. The molecule has 0 fully saturated rings. The lowest BCUT2D eigenvalue weighted by molar-refractivity contribution is 0.0924. The van der Waals surface area contributed by atoms with Gasteiger partial charge in [-0.15, -0.1) is 11.3 Å². The lowest BCUT2D eigenvalue weighted by Gasteiger charge is -2.01. The molecule has 0 spiro atoms. The van der Waals surface area contributed by atoms with Crippen LogP contribution in [0, 0.1) is 0 Å². The first-order valence-corrected chi connectivity index (χ1v) is 7.30. The summed E-state index contributed by atoms with van der Waals surface area (Å²) >= 11 is 4.61. The molecule has 100 valence electrons. The van der Waals surface area contributed by atoms with Crippen LogP contribution in [-0.2, 0) is 6.42 Å². The first-order valence-electron chi connectivity index (χ1n) is 5.69. The number of rotatable bonds is 5. The quantitative estimate of drug-likeness (QED) is 0.849. The van der Waals surface area contributed by atoms with Gasteiger partial charge in [0.15, 0.2) is 16.2 Å². The summed E-state index contributed by atoms with van der Waals surface area (Å²) in [5.41, 5.74) is 0. The third-order valence-electron chi connectivity index (χ3n) is 2.46. The molecular formula is C13H12BrNO3S. The molecule has 0 aliphatic carbocycles. The van der Waals surface area contributed by atoms with Crippen molar-refractivity contribution in [2.45, 2.75) is 13.3 Å². The first kappa shape index (κ1) is 14.0. The molecule has 0 aliphatic rings. The van der Waals surface area contributed by atoms with Crippen LogP contribution in [0.25, 0.3) is 0 Å². The number of halogens is 1. The van der Waals surface area contributed by atoms with E-state index in [4.69, 9.17) is 4.42 Å². The Morgan fingerprint density at radius 2 is 2.11 bits per heavy atom. The molecule has 4 nitrogen and oxygen atoms in total. The van der Waals surface area contributed by atoms with Crippen molar-refractivity contribution in [2.75, 3.05) is 6.54 Å². The summed E-state index contributed by atoms with van der Waals surface area (Å²) < 4.78 is 5.68. The molecular weight excluding hydrogens is 330 g/mol. The van der Waals surface area contributed by atoms with Crippen molar-refractivity contribution in [1.29, 1.82) is 0 Å². The Labute approximate surface area is 122 Å². The summed E-state index contributed by atoms with van der Waals surface area (Å²) in [5, 5.41) is 2.77. The fourth-order valence-corrected chi connectivity index (χ4v) is 2.73. The van der Waals surface area contributed by atoms with Gasteiger partial charge in [-0.2, -0.15) is 0 Å². The van der Waals surface area contributed by atoms with Crippen molar-refractivity contribution in [3.8, 4) is 0 Å². The van der Waals surface area contributed by atoms with E-state index in [9.17, 15) is 9.59 Å². The average Bonchev–Trinajstić information content (AvgIpc) is 2.98. The topological polar surface area (TPSA) is 59.3 Å². The Hall–Kier alpha value is -1.40. The second kappa shape index (κ2) is 6.16. The zero-order valence-electron chi connectivity index (χ0n) is 10.2. The summed E-state index contributed by atoms with van der Waals surface area (Å²) in [6.07, 6.45) is 0.700. The molecule has 1 N–H and O–H groups in total. The normalized spacial score (nSPS) is 10.4. The first-order chi connectivity index (χ1) is 9.06. The van der Waals surface area contributed by atoms with Gasteiger partial charge in [0.1, 0.15) is 0 Å². The van der Waals surface area contributed by atoms with Crippen LogP contribution < -0.4 is 5.32 Å². The van der Waals surface area contributed by atoms with Crippen molar-refractivity contribution in [2.24, 2.45) is 0 Å². The number of amides is 1.